The van der Waals surface area contributed by atoms with Crippen LogP contribution in [0.3, 0.4) is 0 Å². The topological polar surface area (TPSA) is 54.5 Å². The summed E-state index contributed by atoms with van der Waals surface area (Å²) >= 11 is 0. The van der Waals surface area contributed by atoms with E-state index in [1.165, 1.54) is 12.1 Å². The second-order valence-electron chi connectivity index (χ2n) is 5.67. The van der Waals surface area contributed by atoms with Crippen molar-refractivity contribution < 1.29 is 22.7 Å². The van der Waals surface area contributed by atoms with Gasteiger partial charge in [0.1, 0.15) is 12.7 Å². The molecule has 0 fully saturated rings. The summed E-state index contributed by atoms with van der Waals surface area (Å²) in [4.78, 5) is 11.9. The van der Waals surface area contributed by atoms with E-state index in [0.717, 1.165) is 12.1 Å². The Kier molecular flexibility index (Phi) is 4.67. The predicted molar refractivity (Wildman–Crippen MR) is 87.1 cm³/mol. The van der Waals surface area contributed by atoms with Gasteiger partial charge in [0, 0.05) is 18.0 Å². The number of alkyl halides is 3. The second kappa shape index (κ2) is 6.92. The minimum atomic E-state index is -4.41. The van der Waals surface area contributed by atoms with Crippen LogP contribution in [0.5, 0.6) is 0 Å². The van der Waals surface area contributed by atoms with Crippen LogP contribution in [0.25, 0.3) is 5.52 Å². The quantitative estimate of drug-likeness (QED) is 0.660. The Morgan fingerprint density at radius 1 is 1.15 bits per heavy atom. The zero-order chi connectivity index (χ0) is 18.7. The number of carbonyl (C=O) groups is 1. The summed E-state index contributed by atoms with van der Waals surface area (Å²) in [5.41, 5.74) is 1.36. The highest BCUT2D eigenvalue weighted by Gasteiger charge is 2.30. The molecule has 132 valence electrons. The number of nitriles is 1. The summed E-state index contributed by atoms with van der Waals surface area (Å²) in [6.45, 7) is -0.0793. The molecule has 26 heavy (non-hydrogen) atoms. The molecule has 0 unspecified atom stereocenters. The van der Waals surface area contributed by atoms with Crippen molar-refractivity contribution >= 4 is 11.5 Å². The maximum atomic E-state index is 12.5. The molecule has 3 rings (SSSR count). The van der Waals surface area contributed by atoms with Crippen molar-refractivity contribution in [3.8, 4) is 6.07 Å². The van der Waals surface area contributed by atoms with Crippen molar-refractivity contribution in [3.05, 3.63) is 77.1 Å². The van der Waals surface area contributed by atoms with Crippen molar-refractivity contribution in [2.24, 2.45) is 0 Å². The third-order valence-corrected chi connectivity index (χ3v) is 3.89. The van der Waals surface area contributed by atoms with E-state index < -0.39 is 17.7 Å². The van der Waals surface area contributed by atoms with Gasteiger partial charge >= 0.3 is 12.1 Å². The molecule has 0 amide bonds. The predicted octanol–water partition coefficient (Wildman–Crippen LogP) is 4.12. The third kappa shape index (κ3) is 3.70. The van der Waals surface area contributed by atoms with Crippen LogP contribution < -0.4 is 0 Å². The van der Waals surface area contributed by atoms with Crippen molar-refractivity contribution in [1.82, 2.24) is 4.40 Å². The minimum absolute atomic E-state index is 0.0793. The number of esters is 1. The average Bonchev–Trinajstić information content (AvgIpc) is 2.97. The molecule has 1 aromatic carbocycles. The Morgan fingerprint density at radius 3 is 2.54 bits per heavy atom. The van der Waals surface area contributed by atoms with Crippen molar-refractivity contribution in [1.29, 1.82) is 5.26 Å². The maximum absolute atomic E-state index is 12.5. The minimum Gasteiger partial charge on any atom is -0.460 e. The number of nitrogens with zero attached hydrogens (tertiary/aromatic N) is 2. The largest absolute Gasteiger partial charge is 0.460 e. The van der Waals surface area contributed by atoms with E-state index in [4.69, 9.17) is 4.74 Å². The Balaban J connectivity index is 1.65. The van der Waals surface area contributed by atoms with Gasteiger partial charge in [-0.1, -0.05) is 18.2 Å². The van der Waals surface area contributed by atoms with E-state index in [1.807, 2.05) is 6.07 Å². The number of pyridine rings is 1. The molecule has 2 aromatic heterocycles. The fourth-order valence-electron chi connectivity index (χ4n) is 2.60. The molecule has 3 aromatic rings. The molecule has 0 N–H and O–H groups in total. The number of benzene rings is 1. The summed E-state index contributed by atoms with van der Waals surface area (Å²) < 4.78 is 44.5. The molecule has 0 atom stereocenters. The van der Waals surface area contributed by atoms with Crippen molar-refractivity contribution in [2.75, 3.05) is 0 Å². The first-order valence-electron chi connectivity index (χ1n) is 7.69. The molecule has 4 nitrogen and oxygen atoms in total. The number of carbonyl (C=O) groups excluding carboxylic acids is 1. The summed E-state index contributed by atoms with van der Waals surface area (Å²) in [5.74, 6) is -0.580. The van der Waals surface area contributed by atoms with Crippen LogP contribution >= 0.6 is 0 Å². The number of rotatable bonds is 4. The number of hydrogen-bond donors (Lipinski definition) is 0. The molecule has 7 heteroatoms. The lowest BCUT2D eigenvalue weighted by molar-refractivity contribution is -0.144. The second-order valence-corrected chi connectivity index (χ2v) is 5.67. The SMILES string of the molecule is N#Cc1c(COC(=O)Cc2ccc(C(F)(F)F)cc2)cn2ccccc12. The lowest BCUT2D eigenvalue weighted by atomic mass is 10.1. The molecule has 0 aliphatic rings. The molecule has 0 aliphatic heterocycles. The fraction of sp³-hybridized carbons (Fsp3) is 0.158. The van der Waals surface area contributed by atoms with Crippen molar-refractivity contribution in [3.63, 3.8) is 0 Å². The molecule has 0 spiro atoms. The number of ether oxygens (including phenoxy) is 1. The molecule has 0 saturated carbocycles. The number of aromatic nitrogens is 1. The number of hydrogen-bond acceptors (Lipinski definition) is 3. The number of fused-ring (bicyclic) bond motifs is 1. The van der Waals surface area contributed by atoms with E-state index in [9.17, 15) is 23.2 Å². The first kappa shape index (κ1) is 17.5. The van der Waals surface area contributed by atoms with Gasteiger partial charge in [-0.2, -0.15) is 18.4 Å². The summed E-state index contributed by atoms with van der Waals surface area (Å²) in [5, 5.41) is 9.30. The van der Waals surface area contributed by atoms with E-state index in [1.54, 1.807) is 28.9 Å². The summed E-state index contributed by atoms with van der Waals surface area (Å²) in [7, 11) is 0. The standard InChI is InChI=1S/C19H13F3N2O2/c20-19(21,22)15-6-4-13(5-7-15)9-18(25)26-12-14-11-24-8-2-1-3-17(24)16(14)10-23/h1-8,11H,9,12H2. The van der Waals surface area contributed by atoms with Crippen LogP contribution in [0.4, 0.5) is 13.2 Å². The Hall–Kier alpha value is -3.27. The van der Waals surface area contributed by atoms with Gasteiger partial charge in [-0.15, -0.1) is 0 Å². The van der Waals surface area contributed by atoms with Crippen LogP contribution in [0.1, 0.15) is 22.3 Å². The maximum Gasteiger partial charge on any atom is 0.416 e. The zero-order valence-corrected chi connectivity index (χ0v) is 13.5. The average molecular weight is 358 g/mol. The van der Waals surface area contributed by atoms with Gasteiger partial charge in [0.15, 0.2) is 0 Å². The molecular formula is C19H13F3N2O2. The zero-order valence-electron chi connectivity index (χ0n) is 13.5. The highest BCUT2D eigenvalue weighted by Crippen LogP contribution is 2.29. The monoisotopic (exact) mass is 358 g/mol. The molecular weight excluding hydrogens is 345 g/mol. The fourth-order valence-corrected chi connectivity index (χ4v) is 2.60. The molecule has 0 aliphatic carbocycles. The summed E-state index contributed by atoms with van der Waals surface area (Å²) in [6.07, 6.45) is -1.07. The van der Waals surface area contributed by atoms with E-state index >= 15 is 0 Å². The Labute approximate surface area is 147 Å². The van der Waals surface area contributed by atoms with Gasteiger partial charge in [0.25, 0.3) is 0 Å². The molecule has 0 saturated heterocycles. The molecule has 0 bridgehead atoms. The van der Waals surface area contributed by atoms with Gasteiger partial charge in [-0.25, -0.2) is 0 Å². The molecule has 0 radical (unpaired) electrons. The van der Waals surface area contributed by atoms with Crippen LogP contribution in [-0.4, -0.2) is 10.4 Å². The van der Waals surface area contributed by atoms with Crippen LogP contribution in [-0.2, 0) is 28.7 Å². The number of halogens is 3. The van der Waals surface area contributed by atoms with Gasteiger partial charge in [0.2, 0.25) is 0 Å². The van der Waals surface area contributed by atoms with Gasteiger partial charge in [0.05, 0.1) is 23.1 Å². The Morgan fingerprint density at radius 2 is 1.88 bits per heavy atom. The van der Waals surface area contributed by atoms with E-state index in [0.29, 0.717) is 22.2 Å². The van der Waals surface area contributed by atoms with E-state index in [-0.39, 0.29) is 13.0 Å². The van der Waals surface area contributed by atoms with Gasteiger partial charge in [-0.3, -0.25) is 4.79 Å². The van der Waals surface area contributed by atoms with Crippen LogP contribution in [0, 0.1) is 11.3 Å². The summed E-state index contributed by atoms with van der Waals surface area (Å²) in [6, 6.07) is 11.8. The van der Waals surface area contributed by atoms with Gasteiger partial charge < -0.3 is 9.14 Å². The first-order chi connectivity index (χ1) is 12.4. The van der Waals surface area contributed by atoms with Crippen LogP contribution in [0.15, 0.2) is 54.9 Å². The van der Waals surface area contributed by atoms with E-state index in [2.05, 4.69) is 6.07 Å². The smallest absolute Gasteiger partial charge is 0.416 e. The van der Waals surface area contributed by atoms with Gasteiger partial charge in [-0.05, 0) is 29.8 Å². The lowest BCUT2D eigenvalue weighted by Crippen LogP contribution is -2.09. The van der Waals surface area contributed by atoms with Crippen molar-refractivity contribution in [2.45, 2.75) is 19.2 Å². The normalized spacial score (nSPS) is 11.3. The highest BCUT2D eigenvalue weighted by atomic mass is 19.4. The highest BCUT2D eigenvalue weighted by molar-refractivity contribution is 5.73. The lowest BCUT2D eigenvalue weighted by Gasteiger charge is -2.08. The van der Waals surface area contributed by atoms with Crippen LogP contribution in [0.2, 0.25) is 0 Å². The Bertz CT molecular complexity index is 983. The molecule has 2 heterocycles. The third-order valence-electron chi connectivity index (χ3n) is 3.89. The first-order valence-corrected chi connectivity index (χ1v) is 7.69.